The van der Waals surface area contributed by atoms with Gasteiger partial charge in [0, 0.05) is 28.8 Å². The van der Waals surface area contributed by atoms with Gasteiger partial charge in [0.15, 0.2) is 5.78 Å². The maximum Gasteiger partial charge on any atom is 0.162 e. The molecule has 28 heavy (non-hydrogen) atoms. The molecular weight excluding hydrogens is 346 g/mol. The Labute approximate surface area is 164 Å². The fourth-order valence-corrected chi connectivity index (χ4v) is 4.80. The number of fused-ring (bicyclic) bond motifs is 4. The average Bonchev–Trinajstić information content (AvgIpc) is 2.66. The molecule has 0 spiro atoms. The van der Waals surface area contributed by atoms with E-state index in [1.165, 1.54) is 10.8 Å². The van der Waals surface area contributed by atoms with Gasteiger partial charge in [-0.25, -0.2) is 0 Å². The lowest BCUT2D eigenvalue weighted by molar-refractivity contribution is -0.118. The van der Waals surface area contributed by atoms with Gasteiger partial charge in [0.1, 0.15) is 5.75 Å². The quantitative estimate of drug-likeness (QED) is 0.565. The first kappa shape index (κ1) is 17.1. The van der Waals surface area contributed by atoms with Crippen molar-refractivity contribution in [1.29, 1.82) is 0 Å². The summed E-state index contributed by atoms with van der Waals surface area (Å²) in [6, 6.07) is 19.5. The molecule has 1 aliphatic heterocycles. The van der Waals surface area contributed by atoms with E-state index in [1.807, 2.05) is 30.3 Å². The molecule has 3 heteroatoms. The molecular formula is C25H23NO2. The second kappa shape index (κ2) is 5.96. The summed E-state index contributed by atoms with van der Waals surface area (Å²) in [4.78, 5) is 13.3. The summed E-state index contributed by atoms with van der Waals surface area (Å²) >= 11 is 0. The molecule has 5 rings (SSSR count). The molecule has 0 saturated heterocycles. The third-order valence-corrected chi connectivity index (χ3v) is 5.99. The zero-order valence-corrected chi connectivity index (χ0v) is 16.1. The number of benzene rings is 3. The minimum Gasteiger partial charge on any atom is -0.508 e. The van der Waals surface area contributed by atoms with Gasteiger partial charge < -0.3 is 10.4 Å². The Morgan fingerprint density at radius 1 is 0.964 bits per heavy atom. The Morgan fingerprint density at radius 2 is 1.71 bits per heavy atom. The van der Waals surface area contributed by atoms with Gasteiger partial charge >= 0.3 is 0 Å². The van der Waals surface area contributed by atoms with E-state index >= 15 is 0 Å². The number of hydrogen-bond acceptors (Lipinski definition) is 3. The van der Waals surface area contributed by atoms with E-state index in [1.54, 1.807) is 6.07 Å². The van der Waals surface area contributed by atoms with E-state index in [2.05, 4.69) is 43.4 Å². The van der Waals surface area contributed by atoms with Crippen LogP contribution in [0.1, 0.15) is 43.9 Å². The summed E-state index contributed by atoms with van der Waals surface area (Å²) < 4.78 is 0. The maximum absolute atomic E-state index is 13.3. The van der Waals surface area contributed by atoms with Crippen molar-refractivity contribution in [3.05, 3.63) is 77.4 Å². The summed E-state index contributed by atoms with van der Waals surface area (Å²) in [5.41, 5.74) is 4.77. The number of phenolic OH excluding ortho intramolecular Hbond substituents is 1. The maximum atomic E-state index is 13.3. The minimum absolute atomic E-state index is 0.0786. The smallest absolute Gasteiger partial charge is 0.162 e. The van der Waals surface area contributed by atoms with Crippen LogP contribution in [0.15, 0.2) is 66.2 Å². The van der Waals surface area contributed by atoms with Gasteiger partial charge in [-0.1, -0.05) is 62.4 Å². The first-order valence-corrected chi connectivity index (χ1v) is 9.77. The van der Waals surface area contributed by atoms with Gasteiger partial charge in [-0.2, -0.15) is 0 Å². The van der Waals surface area contributed by atoms with Crippen LogP contribution in [0.3, 0.4) is 0 Å². The lowest BCUT2D eigenvalue weighted by Gasteiger charge is -2.40. The number of ketones is 1. The number of allylic oxidation sites excluding steroid dienone is 1. The lowest BCUT2D eigenvalue weighted by atomic mass is 9.68. The third-order valence-electron chi connectivity index (χ3n) is 5.99. The molecule has 2 N–H and O–H groups in total. The number of nitrogens with one attached hydrogen (secondary N) is 1. The highest BCUT2D eigenvalue weighted by Gasteiger charge is 2.41. The van der Waals surface area contributed by atoms with Crippen LogP contribution in [0.2, 0.25) is 0 Å². The number of phenols is 1. The van der Waals surface area contributed by atoms with Gasteiger partial charge in [-0.05, 0) is 40.3 Å². The van der Waals surface area contributed by atoms with E-state index in [0.717, 1.165) is 34.4 Å². The van der Waals surface area contributed by atoms with Crippen molar-refractivity contribution in [1.82, 2.24) is 0 Å². The monoisotopic (exact) mass is 369 g/mol. The normalized spacial score (nSPS) is 20.5. The molecule has 0 fully saturated rings. The minimum atomic E-state index is -0.325. The van der Waals surface area contributed by atoms with Crippen molar-refractivity contribution >= 4 is 27.8 Å². The summed E-state index contributed by atoms with van der Waals surface area (Å²) in [6.07, 6.45) is 1.37. The molecule has 140 valence electrons. The largest absolute Gasteiger partial charge is 0.508 e. The summed E-state index contributed by atoms with van der Waals surface area (Å²) in [6.45, 7) is 4.33. The zero-order valence-electron chi connectivity index (χ0n) is 16.1. The summed E-state index contributed by atoms with van der Waals surface area (Å²) in [7, 11) is 0. The van der Waals surface area contributed by atoms with Crippen LogP contribution in [0.4, 0.5) is 5.69 Å². The highest BCUT2D eigenvalue weighted by Crippen LogP contribution is 2.52. The fourth-order valence-electron chi connectivity index (χ4n) is 4.80. The SMILES string of the molecule is CC1(C)CC(=O)C2=C(C1)c1c(ccc3ccccc13)NC2c1ccccc1O. The van der Waals surface area contributed by atoms with Crippen molar-refractivity contribution in [2.45, 2.75) is 32.7 Å². The molecule has 0 saturated carbocycles. The Bertz CT molecular complexity index is 1160. The second-order valence-corrected chi connectivity index (χ2v) is 8.68. The number of carbonyl (C=O) groups is 1. The first-order chi connectivity index (χ1) is 13.4. The number of Topliss-reactive ketones (excluding diaryl/α,β-unsaturated/α-hetero) is 1. The number of carbonyl (C=O) groups excluding carboxylic acids is 1. The van der Waals surface area contributed by atoms with Crippen molar-refractivity contribution in [2.24, 2.45) is 5.41 Å². The third kappa shape index (κ3) is 2.54. The standard InChI is InChI=1S/C25H23NO2/c1-25(2)13-18-22-16-8-4-3-7-15(16)11-12-19(22)26-24(23(18)21(28)14-25)17-9-5-6-10-20(17)27/h3-12,24,26-27H,13-14H2,1-2H3. The molecule has 1 unspecified atom stereocenters. The van der Waals surface area contributed by atoms with E-state index in [4.69, 9.17) is 0 Å². The molecule has 1 atom stereocenters. The zero-order chi connectivity index (χ0) is 19.5. The topological polar surface area (TPSA) is 49.3 Å². The number of para-hydroxylation sites is 1. The summed E-state index contributed by atoms with van der Waals surface area (Å²) in [5, 5.41) is 16.4. The van der Waals surface area contributed by atoms with Gasteiger partial charge in [0.05, 0.1) is 6.04 Å². The molecule has 3 nitrogen and oxygen atoms in total. The molecule has 3 aromatic rings. The highest BCUT2D eigenvalue weighted by molar-refractivity contribution is 6.12. The number of anilines is 1. The molecule has 3 aromatic carbocycles. The van der Waals surface area contributed by atoms with Crippen LogP contribution in [0.5, 0.6) is 5.75 Å². The van der Waals surface area contributed by atoms with Crippen molar-refractivity contribution in [2.75, 3.05) is 5.32 Å². The molecule has 1 heterocycles. The van der Waals surface area contributed by atoms with E-state index in [9.17, 15) is 9.90 Å². The molecule has 2 aliphatic rings. The Balaban J connectivity index is 1.83. The molecule has 0 amide bonds. The van der Waals surface area contributed by atoms with Crippen molar-refractivity contribution < 1.29 is 9.90 Å². The lowest BCUT2D eigenvalue weighted by Crippen LogP contribution is -2.33. The molecule has 0 aromatic heterocycles. The average molecular weight is 369 g/mol. The van der Waals surface area contributed by atoms with Crippen LogP contribution in [0.25, 0.3) is 16.3 Å². The van der Waals surface area contributed by atoms with Crippen LogP contribution in [-0.2, 0) is 4.79 Å². The first-order valence-electron chi connectivity index (χ1n) is 9.77. The van der Waals surface area contributed by atoms with Crippen molar-refractivity contribution in [3.8, 4) is 5.75 Å². The molecule has 1 aliphatic carbocycles. The Hall–Kier alpha value is -3.07. The molecule has 0 radical (unpaired) electrons. The number of rotatable bonds is 1. The Morgan fingerprint density at radius 3 is 2.54 bits per heavy atom. The Kier molecular flexibility index (Phi) is 3.63. The van der Waals surface area contributed by atoms with Crippen molar-refractivity contribution in [3.63, 3.8) is 0 Å². The predicted molar refractivity (Wildman–Crippen MR) is 113 cm³/mol. The van der Waals surface area contributed by atoms with E-state index in [0.29, 0.717) is 6.42 Å². The van der Waals surface area contributed by atoms with Gasteiger partial charge in [-0.15, -0.1) is 0 Å². The van der Waals surface area contributed by atoms with Crippen LogP contribution in [0, 0.1) is 5.41 Å². The summed E-state index contributed by atoms with van der Waals surface area (Å²) in [5.74, 6) is 0.388. The van der Waals surface area contributed by atoms with Gasteiger partial charge in [0.25, 0.3) is 0 Å². The van der Waals surface area contributed by atoms with Crippen LogP contribution < -0.4 is 5.32 Å². The second-order valence-electron chi connectivity index (χ2n) is 8.68. The highest BCUT2D eigenvalue weighted by atomic mass is 16.3. The van der Waals surface area contributed by atoms with Gasteiger partial charge in [0.2, 0.25) is 0 Å². The van der Waals surface area contributed by atoms with E-state index < -0.39 is 0 Å². The predicted octanol–water partition coefficient (Wildman–Crippen LogP) is 5.85. The van der Waals surface area contributed by atoms with Crippen LogP contribution >= 0.6 is 0 Å². The number of hydrogen-bond donors (Lipinski definition) is 2. The molecule has 0 bridgehead atoms. The van der Waals surface area contributed by atoms with Gasteiger partial charge in [-0.3, -0.25) is 4.79 Å². The van der Waals surface area contributed by atoms with Crippen LogP contribution in [-0.4, -0.2) is 10.9 Å². The number of aromatic hydroxyl groups is 1. The fraction of sp³-hybridized carbons (Fsp3) is 0.240. The van der Waals surface area contributed by atoms with E-state index in [-0.39, 0.29) is 23.0 Å².